The van der Waals surface area contributed by atoms with Crippen LogP contribution in [0.1, 0.15) is 220 Å². The molecule has 0 radical (unpaired) electrons. The predicted octanol–water partition coefficient (Wildman–Crippen LogP) is 17.7. The molecule has 0 N–H and O–H groups in total. The molecule has 0 heterocycles. The van der Waals surface area contributed by atoms with Gasteiger partial charge in [-0.15, -0.1) is 0 Å². The van der Waals surface area contributed by atoms with Crippen molar-refractivity contribution < 1.29 is 28.6 Å². The van der Waals surface area contributed by atoms with Crippen LogP contribution in [0, 0.1) is 0 Å². The van der Waals surface area contributed by atoms with Crippen LogP contribution in [-0.4, -0.2) is 37.2 Å². The zero-order valence-electron chi connectivity index (χ0n) is 42.4. The summed E-state index contributed by atoms with van der Waals surface area (Å²) in [4.78, 5) is 38.0. The van der Waals surface area contributed by atoms with Gasteiger partial charge in [-0.25, -0.2) is 0 Å². The second-order valence-electron chi connectivity index (χ2n) is 17.0. The minimum atomic E-state index is -0.835. The normalized spacial score (nSPS) is 13.1. The minimum Gasteiger partial charge on any atom is -0.462 e. The first kappa shape index (κ1) is 61.8. The first-order valence-corrected chi connectivity index (χ1v) is 26.5. The van der Waals surface area contributed by atoms with Crippen molar-refractivity contribution in [2.24, 2.45) is 0 Å². The summed E-state index contributed by atoms with van der Waals surface area (Å²) < 4.78 is 16.7. The molecule has 0 bridgehead atoms. The molecule has 0 amide bonds. The van der Waals surface area contributed by atoms with E-state index in [1.807, 2.05) is 6.08 Å². The van der Waals surface area contributed by atoms with Gasteiger partial charge in [-0.2, -0.15) is 0 Å². The smallest absolute Gasteiger partial charge is 0.309 e. The largest absolute Gasteiger partial charge is 0.462 e. The fourth-order valence-corrected chi connectivity index (χ4v) is 6.79. The lowest BCUT2D eigenvalue weighted by atomic mass is 10.1. The fourth-order valence-electron chi connectivity index (χ4n) is 6.79. The molecule has 66 heavy (non-hydrogen) atoms. The van der Waals surface area contributed by atoms with E-state index in [0.717, 1.165) is 122 Å². The molecule has 0 saturated carbocycles. The Morgan fingerprint density at radius 1 is 0.333 bits per heavy atom. The van der Waals surface area contributed by atoms with Gasteiger partial charge in [-0.1, -0.05) is 213 Å². The zero-order chi connectivity index (χ0) is 47.9. The Hall–Kier alpha value is -4.19. The highest BCUT2D eigenvalue weighted by molar-refractivity contribution is 5.72. The van der Waals surface area contributed by atoms with E-state index in [9.17, 15) is 14.4 Å². The summed E-state index contributed by atoms with van der Waals surface area (Å²) in [5, 5.41) is 0. The first-order chi connectivity index (χ1) is 32.5. The summed E-state index contributed by atoms with van der Waals surface area (Å²) in [6.45, 7) is 6.28. The van der Waals surface area contributed by atoms with Crippen molar-refractivity contribution in [3.63, 3.8) is 0 Å². The third-order valence-corrected chi connectivity index (χ3v) is 10.7. The SMILES string of the molecule is CC/C=C\C/C=C\C/C=C\C/C=C\C/C=C\CC(=O)OCC(COC(=O)CCCCCC/C=C\C/C=C\C/C=C\C/C=C\CC)OC(=O)CCCCCCC/C=C\CCCCCCCCC. The molecule has 0 aliphatic rings. The lowest BCUT2D eigenvalue weighted by Crippen LogP contribution is -2.30. The molecule has 0 aromatic heterocycles. The van der Waals surface area contributed by atoms with Crippen molar-refractivity contribution in [2.75, 3.05) is 13.2 Å². The van der Waals surface area contributed by atoms with Crippen molar-refractivity contribution in [3.05, 3.63) is 122 Å². The lowest BCUT2D eigenvalue weighted by molar-refractivity contribution is -0.166. The highest BCUT2D eigenvalue weighted by atomic mass is 16.6. The second kappa shape index (κ2) is 53.4. The zero-order valence-corrected chi connectivity index (χ0v) is 42.4. The number of carbonyl (C=O) groups excluding carboxylic acids is 3. The number of hydrogen-bond donors (Lipinski definition) is 0. The first-order valence-electron chi connectivity index (χ1n) is 26.5. The molecular formula is C60H96O6. The summed E-state index contributed by atoms with van der Waals surface area (Å²) in [6.07, 6.45) is 73.5. The van der Waals surface area contributed by atoms with Crippen LogP contribution in [0.15, 0.2) is 122 Å². The van der Waals surface area contributed by atoms with E-state index in [2.05, 4.69) is 130 Å². The van der Waals surface area contributed by atoms with Gasteiger partial charge in [0.2, 0.25) is 0 Å². The van der Waals surface area contributed by atoms with Crippen molar-refractivity contribution in [2.45, 2.75) is 226 Å². The van der Waals surface area contributed by atoms with E-state index in [1.165, 1.54) is 57.8 Å². The van der Waals surface area contributed by atoms with Crippen LogP contribution in [-0.2, 0) is 28.6 Å². The Kier molecular flexibility index (Phi) is 50.0. The molecule has 1 atom stereocenters. The van der Waals surface area contributed by atoms with E-state index >= 15 is 0 Å². The maximum absolute atomic E-state index is 12.8. The summed E-state index contributed by atoms with van der Waals surface area (Å²) >= 11 is 0. The molecule has 0 aromatic rings. The monoisotopic (exact) mass is 913 g/mol. The standard InChI is InChI=1S/C60H96O6/c1-4-7-10-13-16-19-22-25-28-30-33-35-38-41-44-47-50-53-59(62)65-56-57(55-64-58(61)52-49-46-43-40-37-34-31-27-24-21-18-15-12-9-6-3)66-60(63)54-51-48-45-42-39-36-32-29-26-23-20-17-14-11-8-5-2/h7,9-10,12,16,18-19,21,25,27-29,31-33,35,37,40,46,49,57H,4-6,8,11,13-15,17,20,22-24,26,30,34,36,38-39,41-45,47-48,50-56H2,1-3H3/b10-7-,12-9-,19-16-,21-18-,28-25-,31-27-,32-29-,35-33-,40-37-,49-46-. The van der Waals surface area contributed by atoms with Crippen molar-refractivity contribution in [1.82, 2.24) is 0 Å². The Labute approximate surface area is 405 Å². The number of carbonyl (C=O) groups is 3. The maximum Gasteiger partial charge on any atom is 0.309 e. The average molecular weight is 913 g/mol. The van der Waals surface area contributed by atoms with Gasteiger partial charge in [-0.05, 0) is 109 Å². The third-order valence-electron chi connectivity index (χ3n) is 10.7. The molecule has 0 aliphatic carbocycles. The van der Waals surface area contributed by atoms with Gasteiger partial charge >= 0.3 is 17.9 Å². The van der Waals surface area contributed by atoms with E-state index in [4.69, 9.17) is 14.2 Å². The fraction of sp³-hybridized carbons (Fsp3) is 0.617. The van der Waals surface area contributed by atoms with Gasteiger partial charge in [0.25, 0.3) is 0 Å². The van der Waals surface area contributed by atoms with Crippen molar-refractivity contribution in [3.8, 4) is 0 Å². The van der Waals surface area contributed by atoms with Gasteiger partial charge in [0.1, 0.15) is 13.2 Å². The summed E-state index contributed by atoms with van der Waals surface area (Å²) in [6, 6.07) is 0. The van der Waals surface area contributed by atoms with Crippen molar-refractivity contribution >= 4 is 17.9 Å². The van der Waals surface area contributed by atoms with Gasteiger partial charge in [0.15, 0.2) is 6.10 Å². The average Bonchev–Trinajstić information content (AvgIpc) is 3.31. The minimum absolute atomic E-state index is 0.116. The van der Waals surface area contributed by atoms with Gasteiger partial charge in [0.05, 0.1) is 6.42 Å². The van der Waals surface area contributed by atoms with Crippen LogP contribution in [0.4, 0.5) is 0 Å². The van der Waals surface area contributed by atoms with Crippen molar-refractivity contribution in [1.29, 1.82) is 0 Å². The Morgan fingerprint density at radius 2 is 0.652 bits per heavy atom. The third kappa shape index (κ3) is 50.8. The van der Waals surface area contributed by atoms with E-state index in [-0.39, 0.29) is 38.0 Å². The molecular weight excluding hydrogens is 817 g/mol. The van der Waals surface area contributed by atoms with Crippen LogP contribution in [0.3, 0.4) is 0 Å². The predicted molar refractivity (Wildman–Crippen MR) is 283 cm³/mol. The van der Waals surface area contributed by atoms with E-state index < -0.39 is 12.1 Å². The molecule has 0 aromatic carbocycles. The molecule has 0 spiro atoms. The van der Waals surface area contributed by atoms with Crippen LogP contribution in [0.2, 0.25) is 0 Å². The number of allylic oxidation sites excluding steroid dienone is 19. The van der Waals surface area contributed by atoms with Gasteiger partial charge < -0.3 is 14.2 Å². The Morgan fingerprint density at radius 3 is 1.08 bits per heavy atom. The molecule has 0 saturated heterocycles. The molecule has 6 nitrogen and oxygen atoms in total. The number of unbranched alkanes of at least 4 members (excludes halogenated alkanes) is 16. The molecule has 0 rings (SSSR count). The van der Waals surface area contributed by atoms with Crippen LogP contribution >= 0.6 is 0 Å². The summed E-state index contributed by atoms with van der Waals surface area (Å²) in [7, 11) is 0. The molecule has 0 aliphatic heterocycles. The topological polar surface area (TPSA) is 78.9 Å². The molecule has 6 heteroatoms. The number of ether oxygens (including phenoxy) is 3. The van der Waals surface area contributed by atoms with Gasteiger partial charge in [0, 0.05) is 12.8 Å². The molecule has 1 unspecified atom stereocenters. The lowest BCUT2D eigenvalue weighted by Gasteiger charge is -2.18. The van der Waals surface area contributed by atoms with E-state index in [1.54, 1.807) is 6.08 Å². The Bertz CT molecular complexity index is 1420. The quantitative estimate of drug-likeness (QED) is 0.0262. The summed E-state index contributed by atoms with van der Waals surface area (Å²) in [5.41, 5.74) is 0. The number of hydrogen-bond acceptors (Lipinski definition) is 6. The second-order valence-corrected chi connectivity index (χ2v) is 17.0. The highest BCUT2D eigenvalue weighted by Gasteiger charge is 2.19. The van der Waals surface area contributed by atoms with Gasteiger partial charge in [-0.3, -0.25) is 14.4 Å². The Balaban J connectivity index is 4.57. The molecule has 0 fully saturated rings. The maximum atomic E-state index is 12.8. The van der Waals surface area contributed by atoms with Crippen LogP contribution in [0.5, 0.6) is 0 Å². The molecule has 372 valence electrons. The van der Waals surface area contributed by atoms with Crippen LogP contribution < -0.4 is 0 Å². The van der Waals surface area contributed by atoms with Crippen LogP contribution in [0.25, 0.3) is 0 Å². The number of rotatable bonds is 46. The van der Waals surface area contributed by atoms with E-state index in [0.29, 0.717) is 6.42 Å². The summed E-state index contributed by atoms with van der Waals surface area (Å²) in [5.74, 6) is -1.10. The highest BCUT2D eigenvalue weighted by Crippen LogP contribution is 2.13. The number of esters is 3.